The van der Waals surface area contributed by atoms with Crippen LogP contribution in [0.4, 0.5) is 105 Å². The van der Waals surface area contributed by atoms with E-state index in [1.54, 1.807) is 0 Å². The normalized spacial score (nSPS) is 15.8. The molecule has 2 atom stereocenters. The third kappa shape index (κ3) is 12.9. The van der Waals surface area contributed by atoms with Crippen molar-refractivity contribution in [3.8, 4) is 0 Å². The molecule has 1 aliphatic carbocycles. The molecule has 0 amide bonds. The quantitative estimate of drug-likeness (QED) is 0.0991. The number of rotatable bonds is 6. The standard InChI is InChI=1S/C32H12BF24.C19H16N2OS/c34-25(35,36)13-1-14(26(37,38)39)6-21(5-13)33(22-7-15(27(40,41)42)2-16(8-22)28(43,44)45,23-9-17(29(46,47)48)3-18(10-23)30(49,50)51)24-11-19(31(52,53)54)4-20(12-24)32(55,56)57;22-17-11-13-6-1-3-7-14(13)18(17)21-19(23)16-10-9-12-5-2-4-8-15(12)20-16/h1-12H;1-10,17-18,22H,11H2,(H,21,23)/q-1;/p+1/t;17-,18+/m.1/s1. The minimum Gasteiger partial charge on any atom is -0.390 e. The molecule has 1 aromatic heterocycles. The second-order valence-corrected chi connectivity index (χ2v) is 18.5. The van der Waals surface area contributed by atoms with Crippen LogP contribution in [0.25, 0.3) is 10.9 Å². The molecule has 0 unspecified atom stereocenters. The number of nitrogens with one attached hydrogen (secondary N) is 2. The highest BCUT2D eigenvalue weighted by molar-refractivity contribution is 7.80. The van der Waals surface area contributed by atoms with E-state index in [4.69, 9.17) is 12.2 Å². The molecule has 0 fully saturated rings. The van der Waals surface area contributed by atoms with Gasteiger partial charge in [0.25, 0.3) is 0 Å². The van der Waals surface area contributed by atoms with Gasteiger partial charge in [0.2, 0.25) is 11.2 Å². The number of benzene rings is 6. The summed E-state index contributed by atoms with van der Waals surface area (Å²) in [5.74, 6) is 0. The zero-order chi connectivity index (χ0) is 59.7. The van der Waals surface area contributed by atoms with E-state index in [0.717, 1.165) is 22.2 Å². The summed E-state index contributed by atoms with van der Waals surface area (Å²) in [4.78, 5) is 3.98. The first-order valence-corrected chi connectivity index (χ1v) is 22.7. The Morgan fingerprint density at radius 3 is 1.04 bits per heavy atom. The molecule has 3 nitrogen and oxygen atoms in total. The molecular formula is C51H29BF24N2OS. The Kier molecular flexibility index (Phi) is 15.8. The number of hydrogen-bond acceptors (Lipinski definition) is 2. The maximum Gasteiger partial charge on any atom is 0.416 e. The Labute approximate surface area is 438 Å². The number of para-hydroxylation sites is 1. The molecule has 80 heavy (non-hydrogen) atoms. The van der Waals surface area contributed by atoms with Crippen molar-refractivity contribution in [3.63, 3.8) is 0 Å². The Morgan fingerprint density at radius 2 is 0.713 bits per heavy atom. The predicted molar refractivity (Wildman–Crippen MR) is 244 cm³/mol. The number of thiocarbonyl (C=S) groups is 1. The van der Waals surface area contributed by atoms with Crippen molar-refractivity contribution in [3.05, 3.63) is 195 Å². The molecule has 0 spiro atoms. The first kappa shape index (κ1) is 60.6. The zero-order valence-corrected chi connectivity index (χ0v) is 39.9. The van der Waals surface area contributed by atoms with Crippen molar-refractivity contribution in [2.75, 3.05) is 0 Å². The number of alkyl halides is 24. The van der Waals surface area contributed by atoms with Crippen LogP contribution >= 0.6 is 12.2 Å². The molecule has 29 heteroatoms. The molecule has 0 radical (unpaired) electrons. The van der Waals surface area contributed by atoms with Crippen molar-refractivity contribution in [2.45, 2.75) is 68.0 Å². The van der Waals surface area contributed by atoms with Gasteiger partial charge in [0.15, 0.2) is 4.99 Å². The number of halogens is 24. The zero-order valence-electron chi connectivity index (χ0n) is 39.1. The first-order valence-electron chi connectivity index (χ1n) is 22.3. The Bertz CT molecular complexity index is 3030. The van der Waals surface area contributed by atoms with Gasteiger partial charge in [-0.25, -0.2) is 4.98 Å². The molecule has 6 aromatic carbocycles. The molecule has 0 saturated heterocycles. The van der Waals surface area contributed by atoms with Gasteiger partial charge in [0, 0.05) is 23.9 Å². The Hall–Kier alpha value is -7.04. The fourth-order valence-corrected chi connectivity index (χ4v) is 9.53. The molecule has 7 aromatic rings. The summed E-state index contributed by atoms with van der Waals surface area (Å²) in [7, 11) is 0. The van der Waals surface area contributed by atoms with Crippen LogP contribution in [0.15, 0.2) is 133 Å². The SMILES string of the molecule is FC(F)(F)c1cc([B-](c2cc(C(F)(F)F)cc(C(F)(F)F)c2)(c2cc(C(F)(F)F)cc(C(F)(F)F)c2)c2cc(C(F)(F)F)cc(C(F)(F)F)c2)cc(C(F)(F)F)c1.O[C@@H]1Cc2ccccc2[C@@H]1NC(=S)c1ccc2ccccc2[nH+]1. The molecule has 8 rings (SSSR count). The largest absolute Gasteiger partial charge is 0.416 e. The number of H-pyrrole nitrogens is 1. The molecule has 1 heterocycles. The lowest BCUT2D eigenvalue weighted by Crippen LogP contribution is -2.75. The molecular weight excluding hydrogens is 1160 g/mol. The van der Waals surface area contributed by atoms with Crippen LogP contribution in [0.2, 0.25) is 0 Å². The molecule has 0 bridgehead atoms. The van der Waals surface area contributed by atoms with Gasteiger partial charge in [-0.1, -0.05) is 97.1 Å². The van der Waals surface area contributed by atoms with E-state index in [0.29, 0.717) is 11.4 Å². The summed E-state index contributed by atoms with van der Waals surface area (Å²) in [6.07, 6.45) is -54.6. The lowest BCUT2D eigenvalue weighted by atomic mass is 9.12. The second-order valence-electron chi connectivity index (χ2n) is 18.1. The third-order valence-corrected chi connectivity index (χ3v) is 13.2. The molecule has 426 valence electrons. The lowest BCUT2D eigenvalue weighted by molar-refractivity contribution is -0.347. The van der Waals surface area contributed by atoms with Crippen LogP contribution in [0.5, 0.6) is 0 Å². The molecule has 0 aliphatic heterocycles. The summed E-state index contributed by atoms with van der Waals surface area (Å²) in [5, 5.41) is 14.8. The number of aromatic amines is 1. The lowest BCUT2D eigenvalue weighted by Gasteiger charge is -2.46. The predicted octanol–water partition coefficient (Wildman–Crippen LogP) is 13.8. The van der Waals surface area contributed by atoms with Gasteiger partial charge < -0.3 is 10.4 Å². The van der Waals surface area contributed by atoms with E-state index in [1.165, 1.54) is 5.56 Å². The number of pyridine rings is 1. The minimum absolute atomic E-state index is 0.154. The fourth-order valence-electron chi connectivity index (χ4n) is 9.29. The first-order chi connectivity index (χ1) is 36.5. The highest BCUT2D eigenvalue weighted by Crippen LogP contribution is 2.42. The van der Waals surface area contributed by atoms with Gasteiger partial charge in [0.05, 0.1) is 56.7 Å². The van der Waals surface area contributed by atoms with Gasteiger partial charge in [-0.3, -0.25) is 0 Å². The van der Waals surface area contributed by atoms with Gasteiger partial charge in [-0.15, -0.1) is 0 Å². The minimum atomic E-state index is -6.13. The van der Waals surface area contributed by atoms with E-state index in [2.05, 4.69) is 28.5 Å². The average Bonchev–Trinajstić information content (AvgIpc) is 3.43. The maximum atomic E-state index is 14.2. The van der Waals surface area contributed by atoms with E-state index >= 15 is 0 Å². The molecule has 0 saturated carbocycles. The second kappa shape index (κ2) is 20.8. The topological polar surface area (TPSA) is 46.4 Å². The van der Waals surface area contributed by atoms with Crippen LogP contribution in [0, 0.1) is 0 Å². The summed E-state index contributed by atoms with van der Waals surface area (Å²) in [6, 6.07) is 11.3. The Balaban J connectivity index is 0.000000329. The Morgan fingerprint density at radius 1 is 0.412 bits per heavy atom. The van der Waals surface area contributed by atoms with Gasteiger partial charge in [0.1, 0.15) is 6.15 Å². The monoisotopic (exact) mass is 1180 g/mol. The maximum absolute atomic E-state index is 14.2. The summed E-state index contributed by atoms with van der Waals surface area (Å²) in [6.45, 7) is 0. The third-order valence-electron chi connectivity index (χ3n) is 12.8. The average molecular weight is 1180 g/mol. The van der Waals surface area contributed by atoms with Crippen LogP contribution in [-0.2, 0) is 55.8 Å². The van der Waals surface area contributed by atoms with Crippen molar-refractivity contribution >= 4 is 56.1 Å². The molecule has 3 N–H and O–H groups in total. The van der Waals surface area contributed by atoms with Crippen LogP contribution in [0.1, 0.15) is 67.4 Å². The number of aliphatic hydroxyl groups is 1. The van der Waals surface area contributed by atoms with Crippen molar-refractivity contribution < 1.29 is 115 Å². The van der Waals surface area contributed by atoms with Gasteiger partial charge in [-0.05, 0) is 47.5 Å². The van der Waals surface area contributed by atoms with Crippen molar-refractivity contribution in [2.24, 2.45) is 0 Å². The molecule has 1 aliphatic rings. The highest BCUT2D eigenvalue weighted by Gasteiger charge is 2.47. The smallest absolute Gasteiger partial charge is 0.390 e. The fraction of sp³-hybridized carbons (Fsp3) is 0.216. The van der Waals surface area contributed by atoms with Crippen LogP contribution in [0.3, 0.4) is 0 Å². The van der Waals surface area contributed by atoms with Gasteiger partial charge in [-0.2, -0.15) is 127 Å². The van der Waals surface area contributed by atoms with Crippen LogP contribution in [-0.4, -0.2) is 22.3 Å². The highest BCUT2D eigenvalue weighted by atomic mass is 32.1. The summed E-state index contributed by atoms with van der Waals surface area (Å²) >= 11 is 5.55. The number of fused-ring (bicyclic) bond motifs is 2. The number of aliphatic hydroxyl groups excluding tert-OH is 1. The number of hydrogen-bond donors (Lipinski definition) is 2. The van der Waals surface area contributed by atoms with Crippen LogP contribution < -0.4 is 32.2 Å². The van der Waals surface area contributed by atoms with Crippen molar-refractivity contribution in [1.82, 2.24) is 5.32 Å². The van der Waals surface area contributed by atoms with Crippen molar-refractivity contribution in [1.29, 1.82) is 0 Å². The van der Waals surface area contributed by atoms with E-state index in [9.17, 15) is 110 Å². The van der Waals surface area contributed by atoms with Gasteiger partial charge >= 0.3 is 49.4 Å². The van der Waals surface area contributed by atoms with E-state index in [1.807, 2.05) is 42.5 Å². The summed E-state index contributed by atoms with van der Waals surface area (Å²) < 4.78 is 341. The number of aromatic nitrogens is 1. The van der Waals surface area contributed by atoms with E-state index < -0.39 is 201 Å². The van der Waals surface area contributed by atoms with E-state index in [-0.39, 0.29) is 6.04 Å². The summed E-state index contributed by atoms with van der Waals surface area (Å²) in [5.41, 5.74) is -26.0.